The molecular weight excluding hydrogens is 386 g/mol. The van der Waals surface area contributed by atoms with Crippen molar-refractivity contribution in [2.24, 2.45) is 0 Å². The summed E-state index contributed by atoms with van der Waals surface area (Å²) in [4.78, 5) is 20.0. The summed E-state index contributed by atoms with van der Waals surface area (Å²) >= 11 is 0. The van der Waals surface area contributed by atoms with Crippen molar-refractivity contribution in [1.29, 1.82) is 0 Å². The maximum Gasteiger partial charge on any atom is 0.233 e. The highest BCUT2D eigenvalue weighted by molar-refractivity contribution is 5.88. The van der Waals surface area contributed by atoms with Crippen molar-refractivity contribution in [3.05, 3.63) is 84.2 Å². The third-order valence-electron chi connectivity index (χ3n) is 6.20. The van der Waals surface area contributed by atoms with Gasteiger partial charge in [-0.05, 0) is 48.7 Å². The molecule has 1 aliphatic heterocycles. The lowest BCUT2D eigenvalue weighted by atomic mass is 9.75. The normalized spacial score (nSPS) is 19.0. The van der Waals surface area contributed by atoms with Crippen molar-refractivity contribution in [2.45, 2.75) is 24.8 Å². The molecule has 0 radical (unpaired) electrons. The molecule has 1 amide bonds. The van der Waals surface area contributed by atoms with Gasteiger partial charge in [0, 0.05) is 31.9 Å². The van der Waals surface area contributed by atoms with E-state index in [0.29, 0.717) is 6.54 Å². The van der Waals surface area contributed by atoms with Crippen LogP contribution in [0.4, 0.5) is 0 Å². The number of piperidine rings is 1. The Balaban J connectivity index is 1.66. The molecule has 4 rings (SSSR count). The third kappa shape index (κ3) is 4.19. The van der Waals surface area contributed by atoms with Gasteiger partial charge in [0.15, 0.2) is 0 Å². The molecule has 31 heavy (non-hydrogen) atoms. The van der Waals surface area contributed by atoms with E-state index in [0.717, 1.165) is 48.5 Å². The number of likely N-dealkylation sites (N-methyl/N-ethyl adjacent to an activating group) is 1. The lowest BCUT2D eigenvalue weighted by molar-refractivity contribution is -0.128. The Bertz CT molecular complexity index is 1040. The number of nitrogens with zero attached hydrogens (tertiary/aromatic N) is 2. The Morgan fingerprint density at radius 1 is 1.06 bits per heavy atom. The Labute approximate surface area is 184 Å². The first-order valence-corrected chi connectivity index (χ1v) is 10.8. The standard InChI is InChI=1S/C26H29N3O2/c1-27-25(30)26(24-14-7-8-16-28-24)15-9-17-29(19-26)18-20-10-3-4-11-21(20)22-12-5-6-13-23(22)31-2/h3-8,10-14,16H,9,15,17-19H2,1-2H3,(H,27,30). The summed E-state index contributed by atoms with van der Waals surface area (Å²) in [5.74, 6) is 0.899. The summed E-state index contributed by atoms with van der Waals surface area (Å²) in [6.07, 6.45) is 3.52. The van der Waals surface area contributed by atoms with E-state index in [-0.39, 0.29) is 5.91 Å². The average molecular weight is 416 g/mol. The Kier molecular flexibility index (Phi) is 6.33. The number of para-hydroxylation sites is 1. The van der Waals surface area contributed by atoms with Gasteiger partial charge < -0.3 is 10.1 Å². The number of likely N-dealkylation sites (tertiary alicyclic amines) is 1. The number of carbonyl (C=O) groups is 1. The molecule has 1 saturated heterocycles. The van der Waals surface area contributed by atoms with E-state index in [1.807, 2.05) is 36.4 Å². The van der Waals surface area contributed by atoms with E-state index >= 15 is 0 Å². The van der Waals surface area contributed by atoms with Gasteiger partial charge in [-0.15, -0.1) is 0 Å². The zero-order chi connectivity index (χ0) is 21.7. The number of amides is 1. The highest BCUT2D eigenvalue weighted by atomic mass is 16.5. The number of methoxy groups -OCH3 is 1. The Hall–Kier alpha value is -3.18. The van der Waals surface area contributed by atoms with E-state index in [9.17, 15) is 4.79 Å². The minimum absolute atomic E-state index is 0.0360. The number of hydrogen-bond acceptors (Lipinski definition) is 4. The van der Waals surface area contributed by atoms with Gasteiger partial charge >= 0.3 is 0 Å². The summed E-state index contributed by atoms with van der Waals surface area (Å²) in [5.41, 5.74) is 3.68. The van der Waals surface area contributed by atoms with Gasteiger partial charge in [0.2, 0.25) is 5.91 Å². The fraction of sp³-hybridized carbons (Fsp3) is 0.308. The van der Waals surface area contributed by atoms with E-state index < -0.39 is 5.41 Å². The predicted molar refractivity (Wildman–Crippen MR) is 123 cm³/mol. The van der Waals surface area contributed by atoms with Crippen molar-refractivity contribution in [3.8, 4) is 16.9 Å². The molecule has 0 aliphatic carbocycles. The van der Waals surface area contributed by atoms with Crippen LogP contribution < -0.4 is 10.1 Å². The van der Waals surface area contributed by atoms with Crippen LogP contribution in [-0.4, -0.2) is 43.0 Å². The molecule has 0 saturated carbocycles. The van der Waals surface area contributed by atoms with Crippen LogP contribution in [-0.2, 0) is 16.8 Å². The number of rotatable bonds is 6. The first-order chi connectivity index (χ1) is 15.2. The van der Waals surface area contributed by atoms with Crippen LogP contribution in [0.1, 0.15) is 24.1 Å². The van der Waals surface area contributed by atoms with Gasteiger partial charge in [-0.2, -0.15) is 0 Å². The second kappa shape index (κ2) is 9.31. The fourth-order valence-corrected chi connectivity index (χ4v) is 4.70. The van der Waals surface area contributed by atoms with Crippen LogP contribution in [0.2, 0.25) is 0 Å². The van der Waals surface area contributed by atoms with Crippen molar-refractivity contribution in [2.75, 3.05) is 27.2 Å². The predicted octanol–water partition coefficient (Wildman–Crippen LogP) is 4.04. The first kappa shape index (κ1) is 21.1. The molecule has 1 aliphatic rings. The number of aromatic nitrogens is 1. The molecule has 3 aromatic rings. The van der Waals surface area contributed by atoms with E-state index in [4.69, 9.17) is 4.74 Å². The molecule has 5 nitrogen and oxygen atoms in total. The third-order valence-corrected chi connectivity index (χ3v) is 6.20. The van der Waals surface area contributed by atoms with Crippen molar-refractivity contribution < 1.29 is 9.53 Å². The fourth-order valence-electron chi connectivity index (χ4n) is 4.70. The summed E-state index contributed by atoms with van der Waals surface area (Å²) in [6.45, 7) is 2.36. The second-order valence-electron chi connectivity index (χ2n) is 8.05. The number of nitrogens with one attached hydrogen (secondary N) is 1. The minimum Gasteiger partial charge on any atom is -0.496 e. The molecule has 0 bridgehead atoms. The van der Waals surface area contributed by atoms with E-state index in [1.165, 1.54) is 5.56 Å². The van der Waals surface area contributed by atoms with Gasteiger partial charge in [-0.25, -0.2) is 0 Å². The molecule has 2 aromatic carbocycles. The quantitative estimate of drug-likeness (QED) is 0.660. The largest absolute Gasteiger partial charge is 0.496 e. The average Bonchev–Trinajstić information content (AvgIpc) is 2.84. The molecule has 1 fully saturated rings. The van der Waals surface area contributed by atoms with E-state index in [1.54, 1.807) is 20.4 Å². The van der Waals surface area contributed by atoms with Crippen LogP contribution in [0.25, 0.3) is 11.1 Å². The van der Waals surface area contributed by atoms with Crippen molar-refractivity contribution in [3.63, 3.8) is 0 Å². The van der Waals surface area contributed by atoms with Crippen LogP contribution in [0.15, 0.2) is 72.9 Å². The smallest absolute Gasteiger partial charge is 0.233 e. The van der Waals surface area contributed by atoms with Gasteiger partial charge in [-0.1, -0.05) is 48.5 Å². The van der Waals surface area contributed by atoms with Gasteiger partial charge in [-0.3, -0.25) is 14.7 Å². The van der Waals surface area contributed by atoms with Gasteiger partial charge in [0.1, 0.15) is 11.2 Å². The summed E-state index contributed by atoms with van der Waals surface area (Å²) < 4.78 is 5.61. The molecule has 0 spiro atoms. The van der Waals surface area contributed by atoms with E-state index in [2.05, 4.69) is 45.5 Å². The summed E-state index contributed by atoms with van der Waals surface area (Å²) in [6, 6.07) is 22.4. The number of benzene rings is 2. The van der Waals surface area contributed by atoms with Crippen LogP contribution in [0, 0.1) is 0 Å². The summed E-state index contributed by atoms with van der Waals surface area (Å²) in [7, 11) is 3.42. The summed E-state index contributed by atoms with van der Waals surface area (Å²) in [5, 5.41) is 2.89. The number of pyridine rings is 1. The maximum atomic E-state index is 13.1. The zero-order valence-corrected chi connectivity index (χ0v) is 18.2. The van der Waals surface area contributed by atoms with Crippen molar-refractivity contribution in [1.82, 2.24) is 15.2 Å². The monoisotopic (exact) mass is 415 g/mol. The maximum absolute atomic E-state index is 13.1. The number of carbonyl (C=O) groups excluding carboxylic acids is 1. The van der Waals surface area contributed by atoms with Crippen LogP contribution in [0.3, 0.4) is 0 Å². The number of hydrogen-bond donors (Lipinski definition) is 1. The van der Waals surface area contributed by atoms with Gasteiger partial charge in [0.05, 0.1) is 12.8 Å². The Morgan fingerprint density at radius 3 is 2.55 bits per heavy atom. The zero-order valence-electron chi connectivity index (χ0n) is 18.2. The molecule has 160 valence electrons. The second-order valence-corrected chi connectivity index (χ2v) is 8.05. The molecule has 1 aromatic heterocycles. The lowest BCUT2D eigenvalue weighted by Crippen LogP contribution is -2.54. The lowest BCUT2D eigenvalue weighted by Gasteiger charge is -2.41. The molecule has 1 unspecified atom stereocenters. The Morgan fingerprint density at radius 2 is 1.81 bits per heavy atom. The highest BCUT2D eigenvalue weighted by Crippen LogP contribution is 2.36. The topological polar surface area (TPSA) is 54.5 Å². The molecular formula is C26H29N3O2. The first-order valence-electron chi connectivity index (χ1n) is 10.8. The van der Waals surface area contributed by atoms with Gasteiger partial charge in [0.25, 0.3) is 0 Å². The minimum atomic E-state index is -0.631. The molecule has 1 N–H and O–H groups in total. The number of ether oxygens (including phenoxy) is 1. The molecule has 2 heterocycles. The van der Waals surface area contributed by atoms with Crippen LogP contribution in [0.5, 0.6) is 5.75 Å². The van der Waals surface area contributed by atoms with Crippen LogP contribution >= 0.6 is 0 Å². The molecule has 1 atom stereocenters. The highest BCUT2D eigenvalue weighted by Gasteiger charge is 2.44. The molecule has 5 heteroatoms. The SMILES string of the molecule is CNC(=O)C1(c2ccccn2)CCCN(Cc2ccccc2-c2ccccc2OC)C1. The van der Waals surface area contributed by atoms with Crippen molar-refractivity contribution >= 4 is 5.91 Å².